The second-order valence-corrected chi connectivity index (χ2v) is 13.5. The van der Waals surface area contributed by atoms with Gasteiger partial charge in [-0.25, -0.2) is 0 Å². The maximum atomic E-state index is 12.3. The summed E-state index contributed by atoms with van der Waals surface area (Å²) in [4.78, 5) is 12.3. The zero-order chi connectivity index (χ0) is 20.4. The Bertz CT molecular complexity index is 758. The van der Waals surface area contributed by atoms with Crippen LogP contribution in [0.1, 0.15) is 47.0 Å². The Morgan fingerprint density at radius 2 is 1.50 bits per heavy atom. The van der Waals surface area contributed by atoms with Crippen molar-refractivity contribution in [2.45, 2.75) is 58.1 Å². The Morgan fingerprint density at radius 1 is 1.00 bits per heavy atom. The van der Waals surface area contributed by atoms with E-state index in [4.69, 9.17) is 9.16 Å². The second-order valence-electron chi connectivity index (χ2n) is 9.20. The highest BCUT2D eigenvalue weighted by Gasteiger charge is 2.53. The van der Waals surface area contributed by atoms with Gasteiger partial charge in [0.15, 0.2) is 0 Å². The molecule has 0 aliphatic heterocycles. The summed E-state index contributed by atoms with van der Waals surface area (Å²) in [6, 6.07) is 21.3. The van der Waals surface area contributed by atoms with E-state index in [1.165, 1.54) is 17.5 Å². The standard InChI is InChI=1S/C24H32O3Si/c1-23(2,3)28(20-12-8-6-9-13-20,21-14-10-7-11-15-21)27-19-16-17-24(4,18-19)22(25)26-5/h6-15,19H,16-18H2,1-5H3. The lowest BCUT2D eigenvalue weighted by molar-refractivity contribution is -0.151. The van der Waals surface area contributed by atoms with Gasteiger partial charge < -0.3 is 9.16 Å². The Kier molecular flexibility index (Phi) is 5.83. The van der Waals surface area contributed by atoms with Crippen molar-refractivity contribution in [1.82, 2.24) is 0 Å². The van der Waals surface area contributed by atoms with Crippen LogP contribution in [0.3, 0.4) is 0 Å². The SMILES string of the molecule is COC(=O)C1(C)CCC(O[Si](c2ccccc2)(c2ccccc2)C(C)(C)C)C1. The first-order valence-electron chi connectivity index (χ1n) is 10.1. The van der Waals surface area contributed by atoms with Gasteiger partial charge in [0.05, 0.1) is 12.5 Å². The molecule has 2 atom stereocenters. The van der Waals surface area contributed by atoms with Gasteiger partial charge in [-0.1, -0.05) is 81.4 Å². The number of rotatable bonds is 5. The maximum Gasteiger partial charge on any atom is 0.311 e. The molecule has 3 nitrogen and oxygen atoms in total. The van der Waals surface area contributed by atoms with Gasteiger partial charge in [-0.2, -0.15) is 0 Å². The van der Waals surface area contributed by atoms with Gasteiger partial charge in [0.25, 0.3) is 8.32 Å². The minimum absolute atomic E-state index is 0.0513. The number of ether oxygens (including phenoxy) is 1. The summed E-state index contributed by atoms with van der Waals surface area (Å²) in [7, 11) is -1.10. The first-order valence-corrected chi connectivity index (χ1v) is 12.0. The summed E-state index contributed by atoms with van der Waals surface area (Å²) in [6.07, 6.45) is 2.46. The number of carbonyl (C=O) groups is 1. The van der Waals surface area contributed by atoms with Gasteiger partial charge >= 0.3 is 5.97 Å². The number of hydrogen-bond acceptors (Lipinski definition) is 3. The third-order valence-corrected chi connectivity index (χ3v) is 11.2. The van der Waals surface area contributed by atoms with Crippen molar-refractivity contribution in [3.05, 3.63) is 60.7 Å². The number of esters is 1. The number of hydrogen-bond donors (Lipinski definition) is 0. The topological polar surface area (TPSA) is 35.5 Å². The highest BCUT2D eigenvalue weighted by molar-refractivity contribution is 6.99. The van der Waals surface area contributed by atoms with Gasteiger partial charge in [-0.05, 0) is 41.6 Å². The molecule has 1 aliphatic rings. The lowest BCUT2D eigenvalue weighted by Crippen LogP contribution is -2.67. The predicted octanol–water partition coefficient (Wildman–Crippen LogP) is 4.29. The summed E-state index contributed by atoms with van der Waals surface area (Å²) in [5.41, 5.74) is -0.454. The lowest BCUT2D eigenvalue weighted by Gasteiger charge is -2.45. The molecule has 0 heterocycles. The zero-order valence-corrected chi connectivity index (χ0v) is 18.7. The minimum Gasteiger partial charge on any atom is -0.469 e. The van der Waals surface area contributed by atoms with E-state index in [2.05, 4.69) is 81.4 Å². The van der Waals surface area contributed by atoms with Crippen LogP contribution in [0.15, 0.2) is 60.7 Å². The molecule has 2 aromatic carbocycles. The van der Waals surface area contributed by atoms with Crippen LogP contribution < -0.4 is 10.4 Å². The Labute approximate surface area is 170 Å². The van der Waals surface area contributed by atoms with Crippen LogP contribution >= 0.6 is 0 Å². The van der Waals surface area contributed by atoms with Gasteiger partial charge in [-0.3, -0.25) is 4.79 Å². The van der Waals surface area contributed by atoms with Gasteiger partial charge in [0, 0.05) is 6.10 Å². The van der Waals surface area contributed by atoms with Crippen molar-refractivity contribution in [2.24, 2.45) is 5.41 Å². The molecular weight excluding hydrogens is 364 g/mol. The van der Waals surface area contributed by atoms with E-state index in [1.807, 2.05) is 6.92 Å². The molecule has 2 unspecified atom stereocenters. The van der Waals surface area contributed by atoms with E-state index in [-0.39, 0.29) is 17.1 Å². The molecule has 3 rings (SSSR count). The van der Waals surface area contributed by atoms with E-state index in [1.54, 1.807) is 0 Å². The first kappa shape index (κ1) is 20.8. The molecular formula is C24H32O3Si. The van der Waals surface area contributed by atoms with E-state index in [0.717, 1.165) is 12.8 Å². The monoisotopic (exact) mass is 396 g/mol. The molecule has 0 spiro atoms. The Morgan fingerprint density at radius 3 is 1.93 bits per heavy atom. The maximum absolute atomic E-state index is 12.3. The van der Waals surface area contributed by atoms with Crippen molar-refractivity contribution >= 4 is 24.7 Å². The van der Waals surface area contributed by atoms with Crippen LogP contribution in [-0.2, 0) is 14.0 Å². The third-order valence-electron chi connectivity index (χ3n) is 6.13. The molecule has 1 fully saturated rings. The van der Waals surface area contributed by atoms with Crippen LogP contribution in [0, 0.1) is 5.41 Å². The van der Waals surface area contributed by atoms with E-state index in [9.17, 15) is 4.79 Å². The van der Waals surface area contributed by atoms with Gasteiger partial charge in [0.1, 0.15) is 0 Å². The number of methoxy groups -OCH3 is 1. The highest BCUT2D eigenvalue weighted by atomic mass is 28.4. The van der Waals surface area contributed by atoms with Crippen molar-refractivity contribution in [3.63, 3.8) is 0 Å². The molecule has 1 saturated carbocycles. The van der Waals surface area contributed by atoms with Gasteiger partial charge in [-0.15, -0.1) is 0 Å². The molecule has 28 heavy (non-hydrogen) atoms. The Hall–Kier alpha value is -1.91. The minimum atomic E-state index is -2.57. The van der Waals surface area contributed by atoms with Crippen LogP contribution in [0.25, 0.3) is 0 Å². The first-order chi connectivity index (χ1) is 13.2. The largest absolute Gasteiger partial charge is 0.469 e. The van der Waals surface area contributed by atoms with Gasteiger partial charge in [0.2, 0.25) is 0 Å². The molecule has 0 N–H and O–H groups in total. The smallest absolute Gasteiger partial charge is 0.311 e. The summed E-state index contributed by atoms with van der Waals surface area (Å²) in [6.45, 7) is 8.86. The van der Waals surface area contributed by atoms with E-state index < -0.39 is 13.7 Å². The average Bonchev–Trinajstić information content (AvgIpc) is 3.07. The molecule has 150 valence electrons. The molecule has 1 aliphatic carbocycles. The molecule has 0 amide bonds. The number of carbonyl (C=O) groups excluding carboxylic acids is 1. The van der Waals surface area contributed by atoms with Crippen molar-refractivity contribution < 1.29 is 14.0 Å². The van der Waals surface area contributed by atoms with E-state index in [0.29, 0.717) is 6.42 Å². The van der Waals surface area contributed by atoms with Crippen LogP contribution in [0.5, 0.6) is 0 Å². The molecule has 4 heteroatoms. The number of benzene rings is 2. The van der Waals surface area contributed by atoms with E-state index >= 15 is 0 Å². The van der Waals surface area contributed by atoms with Crippen molar-refractivity contribution in [1.29, 1.82) is 0 Å². The quantitative estimate of drug-likeness (QED) is 0.558. The zero-order valence-electron chi connectivity index (χ0n) is 17.7. The van der Waals surface area contributed by atoms with Crippen LogP contribution in [0.4, 0.5) is 0 Å². The lowest BCUT2D eigenvalue weighted by atomic mass is 9.89. The normalized spacial score (nSPS) is 22.8. The third kappa shape index (κ3) is 3.68. The van der Waals surface area contributed by atoms with Crippen LogP contribution in [0.2, 0.25) is 5.04 Å². The predicted molar refractivity (Wildman–Crippen MR) is 116 cm³/mol. The fraction of sp³-hybridized carbons (Fsp3) is 0.458. The Balaban J connectivity index is 2.06. The summed E-state index contributed by atoms with van der Waals surface area (Å²) >= 11 is 0. The van der Waals surface area contributed by atoms with Crippen molar-refractivity contribution in [2.75, 3.05) is 7.11 Å². The molecule has 2 aromatic rings. The highest BCUT2D eigenvalue weighted by Crippen LogP contribution is 2.44. The summed E-state index contributed by atoms with van der Waals surface area (Å²) in [5.74, 6) is -0.124. The van der Waals surface area contributed by atoms with Crippen molar-refractivity contribution in [3.8, 4) is 0 Å². The molecule has 0 aromatic heterocycles. The fourth-order valence-electron chi connectivity index (χ4n) is 4.66. The fourth-order valence-corrected chi connectivity index (χ4v) is 9.38. The molecule has 0 bridgehead atoms. The van der Waals surface area contributed by atoms with Crippen LogP contribution in [-0.4, -0.2) is 27.5 Å². The second kappa shape index (κ2) is 7.84. The summed E-state index contributed by atoms with van der Waals surface area (Å²) < 4.78 is 12.2. The average molecular weight is 397 g/mol. The molecule has 0 radical (unpaired) electrons. The summed E-state index contributed by atoms with van der Waals surface area (Å²) in [5, 5.41) is 2.50. The molecule has 0 saturated heterocycles.